The summed E-state index contributed by atoms with van der Waals surface area (Å²) in [6, 6.07) is 17.9. The van der Waals surface area contributed by atoms with Crippen molar-refractivity contribution in [1.82, 2.24) is 4.90 Å². The topological polar surface area (TPSA) is 29.5 Å². The van der Waals surface area contributed by atoms with Gasteiger partial charge in [0.1, 0.15) is 0 Å². The molecule has 0 aliphatic heterocycles. The lowest BCUT2D eigenvalue weighted by Gasteiger charge is -2.27. The van der Waals surface area contributed by atoms with E-state index in [1.807, 2.05) is 73.3 Å². The van der Waals surface area contributed by atoms with E-state index in [1.54, 1.807) is 7.11 Å². The molecular formula is C19H23NO2. The molecule has 0 saturated heterocycles. The van der Waals surface area contributed by atoms with Crippen LogP contribution < -0.4 is 0 Å². The molecule has 0 aliphatic carbocycles. The zero-order valence-electron chi connectivity index (χ0n) is 13.5. The fourth-order valence-corrected chi connectivity index (χ4v) is 2.40. The highest BCUT2D eigenvalue weighted by atomic mass is 16.5. The van der Waals surface area contributed by atoms with E-state index in [0.717, 1.165) is 11.1 Å². The average Bonchev–Trinajstić information content (AvgIpc) is 2.53. The van der Waals surface area contributed by atoms with E-state index in [0.29, 0.717) is 18.7 Å². The minimum Gasteiger partial charge on any atom is -0.380 e. The van der Waals surface area contributed by atoms with Gasteiger partial charge in [0.15, 0.2) is 0 Å². The Hall–Kier alpha value is -2.13. The number of carbonyl (C=O) groups is 1. The van der Waals surface area contributed by atoms with Gasteiger partial charge in [-0.05, 0) is 37.1 Å². The number of benzene rings is 2. The lowest BCUT2D eigenvalue weighted by molar-refractivity contribution is 0.0690. The van der Waals surface area contributed by atoms with Crippen molar-refractivity contribution in [2.24, 2.45) is 0 Å². The highest BCUT2D eigenvalue weighted by Crippen LogP contribution is 2.15. The highest BCUT2D eigenvalue weighted by molar-refractivity contribution is 5.94. The van der Waals surface area contributed by atoms with Gasteiger partial charge >= 0.3 is 0 Å². The van der Waals surface area contributed by atoms with Gasteiger partial charge in [-0.15, -0.1) is 0 Å². The second kappa shape index (κ2) is 7.76. The maximum absolute atomic E-state index is 12.8. The normalized spacial score (nSPS) is 10.7. The molecule has 0 bridgehead atoms. The second-order valence-electron chi connectivity index (χ2n) is 5.65. The third-order valence-corrected chi connectivity index (χ3v) is 3.56. The Bertz CT molecular complexity index is 608. The van der Waals surface area contributed by atoms with Gasteiger partial charge in [0.05, 0.1) is 6.61 Å². The molecular weight excluding hydrogens is 274 g/mol. The molecule has 2 rings (SSSR count). The number of amides is 1. The Morgan fingerprint density at radius 3 is 2.36 bits per heavy atom. The van der Waals surface area contributed by atoms with Gasteiger partial charge in [-0.3, -0.25) is 4.79 Å². The van der Waals surface area contributed by atoms with Crippen LogP contribution in [0.3, 0.4) is 0 Å². The van der Waals surface area contributed by atoms with E-state index in [2.05, 4.69) is 0 Å². The molecule has 0 unspecified atom stereocenters. The Morgan fingerprint density at radius 1 is 1.05 bits per heavy atom. The van der Waals surface area contributed by atoms with Crippen LogP contribution >= 0.6 is 0 Å². The van der Waals surface area contributed by atoms with Crippen molar-refractivity contribution in [3.8, 4) is 0 Å². The highest BCUT2D eigenvalue weighted by Gasteiger charge is 2.19. The Balaban J connectivity index is 2.21. The summed E-state index contributed by atoms with van der Waals surface area (Å²) in [5, 5.41) is 0. The minimum atomic E-state index is 0.0526. The molecule has 2 aromatic rings. The van der Waals surface area contributed by atoms with Crippen molar-refractivity contribution in [3.05, 3.63) is 71.3 Å². The van der Waals surface area contributed by atoms with Crippen molar-refractivity contribution >= 4 is 5.91 Å². The molecule has 0 radical (unpaired) electrons. The molecule has 3 heteroatoms. The number of methoxy groups -OCH3 is 1. The van der Waals surface area contributed by atoms with Gasteiger partial charge in [-0.1, -0.05) is 42.5 Å². The fourth-order valence-electron chi connectivity index (χ4n) is 2.40. The van der Waals surface area contributed by atoms with Crippen molar-refractivity contribution in [1.29, 1.82) is 0 Å². The van der Waals surface area contributed by atoms with Crippen LogP contribution in [-0.4, -0.2) is 24.0 Å². The van der Waals surface area contributed by atoms with Gasteiger partial charge in [-0.25, -0.2) is 0 Å². The zero-order valence-corrected chi connectivity index (χ0v) is 13.5. The molecule has 22 heavy (non-hydrogen) atoms. The van der Waals surface area contributed by atoms with Gasteiger partial charge in [0, 0.05) is 25.3 Å². The van der Waals surface area contributed by atoms with Crippen LogP contribution in [0, 0.1) is 0 Å². The van der Waals surface area contributed by atoms with Crippen LogP contribution in [0.15, 0.2) is 54.6 Å². The summed E-state index contributed by atoms with van der Waals surface area (Å²) < 4.78 is 5.14. The van der Waals surface area contributed by atoms with E-state index in [-0.39, 0.29) is 11.9 Å². The number of ether oxygens (including phenoxy) is 1. The Labute approximate surface area is 132 Å². The third-order valence-electron chi connectivity index (χ3n) is 3.56. The Morgan fingerprint density at radius 2 is 1.73 bits per heavy atom. The smallest absolute Gasteiger partial charge is 0.254 e. The standard InChI is InChI=1S/C19H23NO2/c1-15(2)20(13-16-8-5-4-6-9-16)19(21)18-11-7-10-17(12-18)14-22-3/h4-12,15H,13-14H2,1-3H3. The molecule has 0 spiro atoms. The molecule has 0 N–H and O–H groups in total. The van der Waals surface area contributed by atoms with Gasteiger partial charge in [-0.2, -0.15) is 0 Å². The van der Waals surface area contributed by atoms with E-state index >= 15 is 0 Å². The summed E-state index contributed by atoms with van der Waals surface area (Å²) in [7, 11) is 1.66. The predicted octanol–water partition coefficient (Wildman–Crippen LogP) is 3.88. The largest absolute Gasteiger partial charge is 0.380 e. The quantitative estimate of drug-likeness (QED) is 0.809. The minimum absolute atomic E-state index is 0.0526. The summed E-state index contributed by atoms with van der Waals surface area (Å²) in [6.07, 6.45) is 0. The van der Waals surface area contributed by atoms with Crippen molar-refractivity contribution in [2.75, 3.05) is 7.11 Å². The van der Waals surface area contributed by atoms with Crippen molar-refractivity contribution in [2.45, 2.75) is 33.0 Å². The molecule has 0 heterocycles. The molecule has 0 aromatic heterocycles. The van der Waals surface area contributed by atoms with E-state index < -0.39 is 0 Å². The maximum Gasteiger partial charge on any atom is 0.254 e. The number of nitrogens with zero attached hydrogens (tertiary/aromatic N) is 1. The number of carbonyl (C=O) groups excluding carboxylic acids is 1. The number of hydrogen-bond acceptors (Lipinski definition) is 2. The molecule has 0 aliphatic rings. The number of rotatable bonds is 6. The Kier molecular flexibility index (Phi) is 5.73. The summed E-state index contributed by atoms with van der Waals surface area (Å²) in [6.45, 7) is 5.22. The summed E-state index contributed by atoms with van der Waals surface area (Å²) in [5.41, 5.74) is 2.86. The lowest BCUT2D eigenvalue weighted by atomic mass is 10.1. The van der Waals surface area contributed by atoms with E-state index in [4.69, 9.17) is 4.74 Å². The van der Waals surface area contributed by atoms with Crippen LogP contribution in [0.2, 0.25) is 0 Å². The zero-order chi connectivity index (χ0) is 15.9. The first-order valence-electron chi connectivity index (χ1n) is 7.54. The molecule has 0 atom stereocenters. The van der Waals surface area contributed by atoms with Crippen molar-refractivity contribution < 1.29 is 9.53 Å². The van der Waals surface area contributed by atoms with Gasteiger partial charge in [0.2, 0.25) is 0 Å². The molecule has 3 nitrogen and oxygen atoms in total. The first-order chi connectivity index (χ1) is 10.6. The lowest BCUT2D eigenvalue weighted by Crippen LogP contribution is -2.36. The van der Waals surface area contributed by atoms with Crippen LogP contribution in [0.5, 0.6) is 0 Å². The first kappa shape index (κ1) is 16.2. The van der Waals surface area contributed by atoms with Gasteiger partial charge < -0.3 is 9.64 Å². The molecule has 116 valence electrons. The fraction of sp³-hybridized carbons (Fsp3) is 0.316. The van der Waals surface area contributed by atoms with E-state index in [9.17, 15) is 4.79 Å². The SMILES string of the molecule is COCc1cccc(C(=O)N(Cc2ccccc2)C(C)C)c1. The van der Waals surface area contributed by atoms with Gasteiger partial charge in [0.25, 0.3) is 5.91 Å². The van der Waals surface area contributed by atoms with Crippen molar-refractivity contribution in [3.63, 3.8) is 0 Å². The van der Waals surface area contributed by atoms with Crippen LogP contribution in [0.4, 0.5) is 0 Å². The summed E-state index contributed by atoms with van der Waals surface area (Å²) in [5.74, 6) is 0.0526. The predicted molar refractivity (Wildman–Crippen MR) is 88.6 cm³/mol. The van der Waals surface area contributed by atoms with Crippen LogP contribution in [-0.2, 0) is 17.9 Å². The second-order valence-corrected chi connectivity index (χ2v) is 5.65. The maximum atomic E-state index is 12.8. The third kappa shape index (κ3) is 4.18. The average molecular weight is 297 g/mol. The molecule has 1 amide bonds. The molecule has 0 fully saturated rings. The summed E-state index contributed by atoms with van der Waals surface area (Å²) >= 11 is 0. The van der Waals surface area contributed by atoms with E-state index in [1.165, 1.54) is 0 Å². The molecule has 2 aromatic carbocycles. The summed E-state index contributed by atoms with van der Waals surface area (Å²) in [4.78, 5) is 14.7. The first-order valence-corrected chi connectivity index (χ1v) is 7.54. The molecule has 0 saturated carbocycles. The van der Waals surface area contributed by atoms with Crippen LogP contribution in [0.25, 0.3) is 0 Å². The monoisotopic (exact) mass is 297 g/mol. The van der Waals surface area contributed by atoms with Crippen LogP contribution in [0.1, 0.15) is 35.3 Å². The number of hydrogen-bond donors (Lipinski definition) is 0.